The maximum absolute atomic E-state index is 14.0. The molecule has 0 aromatic heterocycles. The van der Waals surface area contributed by atoms with Crippen molar-refractivity contribution in [2.24, 2.45) is 34.5 Å². The Kier molecular flexibility index (Phi) is 6.51. The maximum atomic E-state index is 14.0. The van der Waals surface area contributed by atoms with Crippen molar-refractivity contribution in [1.29, 1.82) is 0 Å². The monoisotopic (exact) mass is 468 g/mol. The molecule has 0 amide bonds. The second-order valence-electron chi connectivity index (χ2n) is 12.8. The molecule has 3 saturated carbocycles. The van der Waals surface area contributed by atoms with Crippen molar-refractivity contribution in [3.63, 3.8) is 0 Å². The Morgan fingerprint density at radius 1 is 1.06 bits per heavy atom. The summed E-state index contributed by atoms with van der Waals surface area (Å²) in [5.41, 5.74) is 2.22. The van der Waals surface area contributed by atoms with E-state index < -0.39 is 11.7 Å². The average molecular weight is 469 g/mol. The van der Waals surface area contributed by atoms with E-state index in [4.69, 9.17) is 0 Å². The van der Waals surface area contributed by atoms with E-state index in [1.54, 1.807) is 17.7 Å². The molecule has 34 heavy (non-hydrogen) atoms. The van der Waals surface area contributed by atoms with Gasteiger partial charge in [0, 0.05) is 5.56 Å². The van der Waals surface area contributed by atoms with Gasteiger partial charge in [-0.2, -0.15) is 0 Å². The molecule has 8 atom stereocenters. The van der Waals surface area contributed by atoms with Crippen LogP contribution in [0, 0.1) is 40.3 Å². The number of fused-ring (bicyclic) bond motifs is 5. The first kappa shape index (κ1) is 24.5. The Labute approximate surface area is 206 Å². The molecule has 0 heterocycles. The minimum atomic E-state index is -0.697. The molecule has 4 aliphatic rings. The number of aliphatic hydroxyl groups excluding tert-OH is 1. The standard InChI is InChI=1S/C31H45FO2/c1-4-31(34)19-18-30(3)22(20-31)12-14-23-25-15-13-21(29(25,2)17-16-26(23)30)8-7-11-28(33)24-9-5-6-10-27(24)32/h5-6,9-10,12,21,23,25-26,28,33-34H,4,7-8,11,13-20H2,1-3H3/t21-,23-,25-,26-,28+,29+,30-,31-/m0/s1. The third-order valence-electron chi connectivity index (χ3n) is 11.4. The second kappa shape index (κ2) is 9.04. The zero-order valence-corrected chi connectivity index (χ0v) is 21.5. The molecule has 1 aromatic carbocycles. The lowest BCUT2D eigenvalue weighted by Crippen LogP contribution is -2.52. The van der Waals surface area contributed by atoms with Gasteiger partial charge in [-0.15, -0.1) is 0 Å². The predicted octanol–water partition coefficient (Wildman–Crippen LogP) is 7.75. The highest BCUT2D eigenvalue weighted by atomic mass is 19.1. The van der Waals surface area contributed by atoms with E-state index in [0.29, 0.717) is 17.4 Å². The molecule has 0 aliphatic heterocycles. The van der Waals surface area contributed by atoms with Gasteiger partial charge in [0.05, 0.1) is 11.7 Å². The van der Waals surface area contributed by atoms with Gasteiger partial charge in [0.15, 0.2) is 0 Å². The predicted molar refractivity (Wildman–Crippen MR) is 136 cm³/mol. The molecule has 0 saturated heterocycles. The van der Waals surface area contributed by atoms with Crippen molar-refractivity contribution in [1.82, 2.24) is 0 Å². The molecule has 0 bridgehead atoms. The fraction of sp³-hybridized carbons (Fsp3) is 0.742. The van der Waals surface area contributed by atoms with Gasteiger partial charge in [-0.3, -0.25) is 0 Å². The van der Waals surface area contributed by atoms with Crippen LogP contribution in [-0.2, 0) is 0 Å². The molecule has 5 rings (SSSR count). The summed E-state index contributed by atoms with van der Waals surface area (Å²) in [6.07, 6.45) is 15.0. The van der Waals surface area contributed by atoms with E-state index in [1.165, 1.54) is 38.2 Å². The third kappa shape index (κ3) is 3.99. The summed E-state index contributed by atoms with van der Waals surface area (Å²) in [5, 5.41) is 21.5. The lowest BCUT2D eigenvalue weighted by Gasteiger charge is -2.59. The Bertz CT molecular complexity index is 926. The van der Waals surface area contributed by atoms with E-state index >= 15 is 0 Å². The van der Waals surface area contributed by atoms with E-state index in [0.717, 1.165) is 62.2 Å². The fourth-order valence-corrected chi connectivity index (χ4v) is 9.06. The van der Waals surface area contributed by atoms with Crippen LogP contribution in [0.5, 0.6) is 0 Å². The zero-order valence-electron chi connectivity index (χ0n) is 21.5. The minimum Gasteiger partial charge on any atom is -0.390 e. The quantitative estimate of drug-likeness (QED) is 0.419. The number of aliphatic hydroxyl groups is 2. The number of benzene rings is 1. The van der Waals surface area contributed by atoms with Crippen molar-refractivity contribution in [2.75, 3.05) is 0 Å². The second-order valence-corrected chi connectivity index (χ2v) is 12.8. The number of hydrogen-bond acceptors (Lipinski definition) is 2. The third-order valence-corrected chi connectivity index (χ3v) is 11.4. The van der Waals surface area contributed by atoms with Crippen molar-refractivity contribution in [2.45, 2.75) is 110 Å². The Morgan fingerprint density at radius 3 is 2.62 bits per heavy atom. The molecule has 0 radical (unpaired) electrons. The number of rotatable bonds is 6. The van der Waals surface area contributed by atoms with Crippen LogP contribution in [0.25, 0.3) is 0 Å². The Hall–Kier alpha value is -1.19. The van der Waals surface area contributed by atoms with E-state index in [1.807, 2.05) is 6.07 Å². The highest BCUT2D eigenvalue weighted by Crippen LogP contribution is 2.67. The van der Waals surface area contributed by atoms with Gasteiger partial charge < -0.3 is 10.2 Å². The van der Waals surface area contributed by atoms with Gasteiger partial charge in [-0.05, 0) is 111 Å². The summed E-state index contributed by atoms with van der Waals surface area (Å²) in [5.74, 6) is 2.79. The molecule has 188 valence electrons. The van der Waals surface area contributed by atoms with E-state index in [9.17, 15) is 14.6 Å². The molecule has 0 spiro atoms. The number of allylic oxidation sites excluding steroid dienone is 1. The van der Waals surface area contributed by atoms with Crippen molar-refractivity contribution in [3.8, 4) is 0 Å². The van der Waals surface area contributed by atoms with Crippen molar-refractivity contribution < 1.29 is 14.6 Å². The molecular formula is C31H45FO2. The summed E-state index contributed by atoms with van der Waals surface area (Å²) < 4.78 is 14.0. The summed E-state index contributed by atoms with van der Waals surface area (Å²) in [6.45, 7) is 7.22. The molecule has 0 unspecified atom stereocenters. The van der Waals surface area contributed by atoms with Gasteiger partial charge in [0.2, 0.25) is 0 Å². The molecule has 4 aliphatic carbocycles. The normalized spacial score (nSPS) is 42.4. The van der Waals surface area contributed by atoms with Crippen molar-refractivity contribution in [3.05, 3.63) is 47.3 Å². The highest BCUT2D eigenvalue weighted by Gasteiger charge is 2.59. The van der Waals surface area contributed by atoms with Gasteiger partial charge >= 0.3 is 0 Å². The topological polar surface area (TPSA) is 40.5 Å². The van der Waals surface area contributed by atoms with Crippen LogP contribution in [0.4, 0.5) is 4.39 Å². The van der Waals surface area contributed by atoms with Crippen LogP contribution in [0.3, 0.4) is 0 Å². The first-order valence-electron chi connectivity index (χ1n) is 14.0. The van der Waals surface area contributed by atoms with Crippen LogP contribution >= 0.6 is 0 Å². The van der Waals surface area contributed by atoms with E-state index in [2.05, 4.69) is 26.8 Å². The molecule has 2 N–H and O–H groups in total. The summed E-state index contributed by atoms with van der Waals surface area (Å²) in [4.78, 5) is 0. The summed E-state index contributed by atoms with van der Waals surface area (Å²) in [6, 6.07) is 6.65. The summed E-state index contributed by atoms with van der Waals surface area (Å²) >= 11 is 0. The summed E-state index contributed by atoms with van der Waals surface area (Å²) in [7, 11) is 0. The molecule has 1 aromatic rings. The first-order valence-corrected chi connectivity index (χ1v) is 14.0. The first-order chi connectivity index (χ1) is 16.2. The van der Waals surface area contributed by atoms with Crippen LogP contribution in [-0.4, -0.2) is 15.8 Å². The maximum Gasteiger partial charge on any atom is 0.128 e. The molecule has 3 heteroatoms. The van der Waals surface area contributed by atoms with Crippen LogP contribution in [0.15, 0.2) is 35.9 Å². The minimum absolute atomic E-state index is 0.285. The van der Waals surface area contributed by atoms with Gasteiger partial charge in [-0.1, -0.05) is 57.0 Å². The lowest BCUT2D eigenvalue weighted by atomic mass is 9.46. The Balaban J connectivity index is 1.24. The lowest BCUT2D eigenvalue weighted by molar-refractivity contribution is -0.0718. The fourth-order valence-electron chi connectivity index (χ4n) is 9.06. The van der Waals surface area contributed by atoms with Crippen LogP contribution < -0.4 is 0 Å². The highest BCUT2D eigenvalue weighted by molar-refractivity contribution is 5.27. The number of halogens is 1. The van der Waals surface area contributed by atoms with Gasteiger partial charge in [0.1, 0.15) is 5.82 Å². The van der Waals surface area contributed by atoms with Gasteiger partial charge in [-0.25, -0.2) is 4.39 Å². The van der Waals surface area contributed by atoms with Crippen molar-refractivity contribution >= 4 is 0 Å². The SMILES string of the molecule is CC[C@]1(O)CC[C@@]2(C)C(=CC[C@H]3[C@@H]4CC[C@H](CCC[C@@H](O)c5ccccc5F)[C@@]4(C)CC[C@@H]32)C1. The average Bonchev–Trinajstić information content (AvgIpc) is 3.16. The van der Waals surface area contributed by atoms with E-state index in [-0.39, 0.29) is 11.2 Å². The Morgan fingerprint density at radius 2 is 1.85 bits per heavy atom. The largest absolute Gasteiger partial charge is 0.390 e. The smallest absolute Gasteiger partial charge is 0.128 e. The zero-order chi connectivity index (χ0) is 24.1. The van der Waals surface area contributed by atoms with Crippen LogP contribution in [0.2, 0.25) is 0 Å². The molecule has 2 nitrogen and oxygen atoms in total. The van der Waals surface area contributed by atoms with Crippen LogP contribution in [0.1, 0.15) is 109 Å². The molecular weight excluding hydrogens is 423 g/mol. The molecule has 3 fully saturated rings. The van der Waals surface area contributed by atoms with Gasteiger partial charge in [0.25, 0.3) is 0 Å². The number of hydrogen-bond donors (Lipinski definition) is 2.